The van der Waals surface area contributed by atoms with E-state index in [4.69, 9.17) is 10.5 Å². The van der Waals surface area contributed by atoms with Crippen LogP contribution in [-0.4, -0.2) is 10.5 Å². The number of aromatic nitrogens is 1. The lowest BCUT2D eigenvalue weighted by Crippen LogP contribution is -2.24. The summed E-state index contributed by atoms with van der Waals surface area (Å²) in [6.45, 7) is 1.45. The highest BCUT2D eigenvalue weighted by molar-refractivity contribution is 5.98. The van der Waals surface area contributed by atoms with Crippen LogP contribution in [0.4, 0.5) is 4.39 Å². The van der Waals surface area contributed by atoms with Gasteiger partial charge >= 0.3 is 0 Å². The minimum atomic E-state index is -0.624. The summed E-state index contributed by atoms with van der Waals surface area (Å²) in [6.07, 6.45) is 0. The van der Waals surface area contributed by atoms with Crippen LogP contribution < -0.4 is 10.5 Å². The Labute approximate surface area is 148 Å². The van der Waals surface area contributed by atoms with Gasteiger partial charge in [-0.25, -0.2) is 4.39 Å². The lowest BCUT2D eigenvalue weighted by Gasteiger charge is -2.25. The molecule has 0 spiro atoms. The molecule has 0 aliphatic carbocycles. The molecule has 0 saturated heterocycles. The van der Waals surface area contributed by atoms with Crippen LogP contribution in [0, 0.1) is 17.1 Å². The van der Waals surface area contributed by atoms with E-state index < -0.39 is 5.92 Å². The lowest BCUT2D eigenvalue weighted by molar-refractivity contribution is 0.0937. The Morgan fingerprint density at radius 1 is 1.23 bits per heavy atom. The Balaban J connectivity index is 2.11. The molecule has 0 amide bonds. The minimum absolute atomic E-state index is 0.0132. The Kier molecular flexibility index (Phi) is 3.51. The first-order chi connectivity index (χ1) is 12.5. The van der Waals surface area contributed by atoms with E-state index in [1.807, 2.05) is 24.3 Å². The molecule has 0 radical (unpaired) electrons. The highest BCUT2D eigenvalue weighted by atomic mass is 19.1. The third-order valence-electron chi connectivity index (χ3n) is 4.54. The van der Waals surface area contributed by atoms with Crippen molar-refractivity contribution in [2.75, 3.05) is 0 Å². The van der Waals surface area contributed by atoms with Crippen LogP contribution in [0.5, 0.6) is 5.75 Å². The molecule has 26 heavy (non-hydrogen) atoms. The molecule has 1 aliphatic heterocycles. The summed E-state index contributed by atoms with van der Waals surface area (Å²) in [5.74, 6) is -0.789. The van der Waals surface area contributed by atoms with Gasteiger partial charge in [0.1, 0.15) is 17.5 Å². The van der Waals surface area contributed by atoms with E-state index in [2.05, 4.69) is 6.07 Å². The number of allylic oxidation sites excluding steroid dienone is 1. The molecule has 1 aromatic heterocycles. The van der Waals surface area contributed by atoms with E-state index in [-0.39, 0.29) is 23.2 Å². The molecular weight excluding hydrogens is 333 g/mol. The average molecular weight is 347 g/mol. The van der Waals surface area contributed by atoms with Crippen molar-refractivity contribution in [3.05, 3.63) is 77.1 Å². The predicted octanol–water partition coefficient (Wildman–Crippen LogP) is 3.66. The van der Waals surface area contributed by atoms with Gasteiger partial charge in [0.2, 0.25) is 11.8 Å². The molecule has 1 unspecified atom stereocenters. The average Bonchev–Trinajstić information content (AvgIpc) is 2.95. The molecule has 1 aliphatic rings. The second-order valence-electron chi connectivity index (χ2n) is 6.06. The van der Waals surface area contributed by atoms with E-state index in [1.165, 1.54) is 23.6 Å². The fraction of sp³-hybridized carbons (Fsp3) is 0.100. The normalized spacial score (nSPS) is 16.1. The van der Waals surface area contributed by atoms with Gasteiger partial charge in [0.25, 0.3) is 0 Å². The molecular formula is C20H14FN3O2. The number of nitriles is 1. The first-order valence-electron chi connectivity index (χ1n) is 8.00. The molecule has 2 aromatic carbocycles. The number of para-hydroxylation sites is 1. The van der Waals surface area contributed by atoms with Gasteiger partial charge in [-0.05, 0) is 29.8 Å². The number of nitrogens with zero attached hydrogens (tertiary/aromatic N) is 2. The van der Waals surface area contributed by atoms with Crippen molar-refractivity contribution in [2.24, 2.45) is 5.73 Å². The molecule has 1 atom stereocenters. The van der Waals surface area contributed by atoms with Crippen LogP contribution in [0.25, 0.3) is 10.9 Å². The van der Waals surface area contributed by atoms with Gasteiger partial charge in [-0.3, -0.25) is 9.36 Å². The molecule has 4 rings (SSSR count). The number of fused-ring (bicyclic) bond motifs is 3. The summed E-state index contributed by atoms with van der Waals surface area (Å²) >= 11 is 0. The highest BCUT2D eigenvalue weighted by Gasteiger charge is 2.36. The second-order valence-corrected chi connectivity index (χ2v) is 6.06. The number of rotatable bonds is 1. The molecule has 5 nitrogen and oxygen atoms in total. The van der Waals surface area contributed by atoms with Crippen molar-refractivity contribution in [1.82, 2.24) is 4.57 Å². The topological polar surface area (TPSA) is 81.0 Å². The molecule has 128 valence electrons. The maximum absolute atomic E-state index is 13.4. The fourth-order valence-corrected chi connectivity index (χ4v) is 3.48. The van der Waals surface area contributed by atoms with Crippen LogP contribution in [0.2, 0.25) is 0 Å². The lowest BCUT2D eigenvalue weighted by atomic mass is 9.87. The molecule has 2 heterocycles. The van der Waals surface area contributed by atoms with Crippen LogP contribution in [0.1, 0.15) is 28.9 Å². The van der Waals surface area contributed by atoms with Gasteiger partial charge in [0.15, 0.2) is 5.75 Å². The zero-order valence-electron chi connectivity index (χ0n) is 13.9. The van der Waals surface area contributed by atoms with E-state index >= 15 is 0 Å². The van der Waals surface area contributed by atoms with Crippen LogP contribution in [0.15, 0.2) is 60.0 Å². The van der Waals surface area contributed by atoms with Crippen molar-refractivity contribution < 1.29 is 13.9 Å². The molecule has 6 heteroatoms. The van der Waals surface area contributed by atoms with Gasteiger partial charge in [-0.1, -0.05) is 24.3 Å². The van der Waals surface area contributed by atoms with Gasteiger partial charge in [-0.2, -0.15) is 5.26 Å². The van der Waals surface area contributed by atoms with Crippen molar-refractivity contribution in [3.8, 4) is 11.8 Å². The monoisotopic (exact) mass is 347 g/mol. The molecule has 2 N–H and O–H groups in total. The van der Waals surface area contributed by atoms with Gasteiger partial charge in [-0.15, -0.1) is 0 Å². The van der Waals surface area contributed by atoms with Crippen molar-refractivity contribution in [2.45, 2.75) is 12.8 Å². The maximum Gasteiger partial charge on any atom is 0.228 e. The summed E-state index contributed by atoms with van der Waals surface area (Å²) in [7, 11) is 0. The maximum atomic E-state index is 13.4. The quantitative estimate of drug-likeness (QED) is 0.728. The smallest absolute Gasteiger partial charge is 0.228 e. The second kappa shape index (κ2) is 5.74. The largest absolute Gasteiger partial charge is 0.438 e. The first kappa shape index (κ1) is 15.9. The van der Waals surface area contributed by atoms with Crippen LogP contribution in [0.3, 0.4) is 0 Å². The van der Waals surface area contributed by atoms with Gasteiger partial charge < -0.3 is 10.5 Å². The number of halogens is 1. The van der Waals surface area contributed by atoms with Crippen molar-refractivity contribution in [1.29, 1.82) is 5.26 Å². The van der Waals surface area contributed by atoms with Crippen molar-refractivity contribution in [3.63, 3.8) is 0 Å². The predicted molar refractivity (Wildman–Crippen MR) is 93.9 cm³/mol. The number of benzene rings is 2. The Hall–Kier alpha value is -3.59. The highest BCUT2D eigenvalue weighted by Crippen LogP contribution is 2.47. The number of carbonyl (C=O) groups excluding carboxylic acids is 1. The van der Waals surface area contributed by atoms with E-state index in [0.717, 1.165) is 5.39 Å². The number of ether oxygens (including phenoxy) is 1. The third kappa shape index (κ3) is 2.18. The summed E-state index contributed by atoms with van der Waals surface area (Å²) < 4.78 is 20.7. The summed E-state index contributed by atoms with van der Waals surface area (Å²) in [5, 5.41) is 10.4. The van der Waals surface area contributed by atoms with Crippen LogP contribution in [-0.2, 0) is 0 Å². The van der Waals surface area contributed by atoms with Gasteiger partial charge in [0, 0.05) is 12.3 Å². The van der Waals surface area contributed by atoms with E-state index in [9.17, 15) is 14.4 Å². The molecule has 3 aromatic rings. The molecule has 0 saturated carbocycles. The van der Waals surface area contributed by atoms with E-state index in [0.29, 0.717) is 22.5 Å². The SMILES string of the molecule is CC(=O)n1c2c(c3ccccc31)OC(N)=C(C#N)C2c1ccc(F)cc1. The summed E-state index contributed by atoms with van der Waals surface area (Å²) in [6, 6.07) is 15.2. The number of carbonyl (C=O) groups is 1. The molecule has 0 fully saturated rings. The Bertz CT molecular complexity index is 1120. The molecule has 0 bridgehead atoms. The third-order valence-corrected chi connectivity index (χ3v) is 4.54. The zero-order chi connectivity index (χ0) is 18.4. The summed E-state index contributed by atoms with van der Waals surface area (Å²) in [4.78, 5) is 12.4. The van der Waals surface area contributed by atoms with E-state index in [1.54, 1.807) is 12.1 Å². The fourth-order valence-electron chi connectivity index (χ4n) is 3.48. The van der Waals surface area contributed by atoms with Crippen LogP contribution >= 0.6 is 0 Å². The summed E-state index contributed by atoms with van der Waals surface area (Å²) in [5.41, 5.74) is 8.04. The zero-order valence-corrected chi connectivity index (χ0v) is 13.9. The Morgan fingerprint density at radius 3 is 2.58 bits per heavy atom. The standard InChI is InChI=1S/C20H14FN3O2/c1-11(25)24-16-5-3-2-4-14(16)19-18(24)17(15(10-22)20(23)26-19)12-6-8-13(21)9-7-12/h2-9,17H,23H2,1H3. The number of hydrogen-bond acceptors (Lipinski definition) is 4. The Morgan fingerprint density at radius 2 is 1.92 bits per heavy atom. The van der Waals surface area contributed by atoms with Crippen molar-refractivity contribution >= 4 is 16.8 Å². The first-order valence-corrected chi connectivity index (χ1v) is 8.00. The van der Waals surface area contributed by atoms with Gasteiger partial charge in [0.05, 0.1) is 17.1 Å². The number of nitrogens with two attached hydrogens (primary N) is 1. The number of hydrogen-bond donors (Lipinski definition) is 1. The minimum Gasteiger partial charge on any atom is -0.438 e.